The quantitative estimate of drug-likeness (QED) is 0.293. The maximum absolute atomic E-state index is 8.49. The third kappa shape index (κ3) is 31.8. The molecule has 0 aromatic carbocycles. The molecule has 0 rings (SSSR count). The van der Waals surface area contributed by atoms with Gasteiger partial charge in [-0.3, -0.25) is 0 Å². The molecule has 0 amide bonds. The molecule has 0 unspecified atom stereocenters. The van der Waals surface area contributed by atoms with Gasteiger partial charge in [0, 0.05) is 0 Å². The van der Waals surface area contributed by atoms with Gasteiger partial charge in [0.2, 0.25) is 0 Å². The maximum Gasteiger partial charge on any atom is 0.0782 e. The van der Waals surface area contributed by atoms with E-state index in [4.69, 9.17) is 18.6 Å². The Morgan fingerprint density at radius 3 is 1.08 bits per heavy atom. The van der Waals surface area contributed by atoms with Crippen LogP contribution in [-0.2, 0) is 0 Å². The maximum atomic E-state index is 8.49. The van der Waals surface area contributed by atoms with Crippen LogP contribution >= 0.6 is 0 Å². The average molecular weight is 398 g/mol. The van der Waals surface area contributed by atoms with E-state index in [0.717, 1.165) is 0 Å². The second-order valence-corrected chi connectivity index (χ2v) is 8.71. The first-order valence-corrected chi connectivity index (χ1v) is 11.8. The van der Waals surface area contributed by atoms with Gasteiger partial charge in [-0.1, -0.05) is 84.0 Å². The number of rotatable bonds is 16. The normalized spacial score (nSPS) is 12.0. The molecule has 160 valence electrons. The standard InChI is InChI=1S/C20H44N.ClHO4/c1-5-7-8-9-10-11-12-13-14-15-16-17-18-19-20-21(3,4)6-2;2-1(3,4)5/h5-20H2,1-4H3;(H,2,3,4,5)/q+1;/p-1. The molecule has 0 saturated carbocycles. The van der Waals surface area contributed by atoms with Crippen molar-refractivity contribution in [2.45, 2.75) is 104 Å². The lowest BCUT2D eigenvalue weighted by Gasteiger charge is -2.28. The van der Waals surface area contributed by atoms with Gasteiger partial charge in [-0.15, -0.1) is 10.2 Å². The zero-order chi connectivity index (χ0) is 20.3. The van der Waals surface area contributed by atoms with Crippen LogP contribution in [-0.4, -0.2) is 31.7 Å². The van der Waals surface area contributed by atoms with Crippen LogP contribution in [0.25, 0.3) is 0 Å². The van der Waals surface area contributed by atoms with E-state index in [2.05, 4.69) is 27.9 Å². The van der Waals surface area contributed by atoms with Crippen LogP contribution in [0.5, 0.6) is 0 Å². The Balaban J connectivity index is 0. The summed E-state index contributed by atoms with van der Waals surface area (Å²) in [7, 11) is -0.246. The summed E-state index contributed by atoms with van der Waals surface area (Å²) in [5, 5.41) is 0. The highest BCUT2D eigenvalue weighted by molar-refractivity contribution is 4.49. The van der Waals surface area contributed by atoms with Gasteiger partial charge in [-0.25, -0.2) is 18.6 Å². The summed E-state index contributed by atoms with van der Waals surface area (Å²) >= 11 is 0. The highest BCUT2D eigenvalue weighted by Gasteiger charge is 2.09. The first kappa shape index (κ1) is 28.3. The third-order valence-electron chi connectivity index (χ3n) is 4.97. The monoisotopic (exact) mass is 397 g/mol. The molecule has 0 atom stereocenters. The van der Waals surface area contributed by atoms with Crippen LogP contribution in [0.3, 0.4) is 0 Å². The zero-order valence-electron chi connectivity index (χ0n) is 17.8. The third-order valence-corrected chi connectivity index (χ3v) is 4.97. The molecule has 0 heterocycles. The molecule has 0 N–H and O–H groups in total. The fourth-order valence-corrected chi connectivity index (χ4v) is 2.89. The van der Waals surface area contributed by atoms with Crippen LogP contribution in [0, 0.1) is 10.2 Å². The van der Waals surface area contributed by atoms with Gasteiger partial charge < -0.3 is 4.48 Å². The summed E-state index contributed by atoms with van der Waals surface area (Å²) in [5.74, 6) is 0. The molecule has 0 aromatic heterocycles. The number of nitrogens with zero attached hydrogens (tertiary/aromatic N) is 1. The Morgan fingerprint density at radius 1 is 0.538 bits per heavy atom. The van der Waals surface area contributed by atoms with Gasteiger partial charge in [-0.05, 0) is 19.8 Å². The lowest BCUT2D eigenvalue weighted by atomic mass is 10.0. The molecule has 0 fully saturated rings. The molecule has 26 heavy (non-hydrogen) atoms. The first-order chi connectivity index (χ1) is 12.1. The fourth-order valence-electron chi connectivity index (χ4n) is 2.89. The highest BCUT2D eigenvalue weighted by atomic mass is 35.7. The van der Waals surface area contributed by atoms with Crippen molar-refractivity contribution in [2.75, 3.05) is 27.2 Å². The topological polar surface area (TPSA) is 92.2 Å². The summed E-state index contributed by atoms with van der Waals surface area (Å²) < 4.78 is 35.2. The SMILES string of the molecule is CCCCCCCCCCCCCCCC[N+](C)(C)CC.[O-][Cl+3]([O-])([O-])[O-]. The summed E-state index contributed by atoms with van der Waals surface area (Å²) in [6.07, 6.45) is 20.4. The van der Waals surface area contributed by atoms with Crippen LogP contribution in [0.2, 0.25) is 0 Å². The Bertz CT molecular complexity index is 277. The summed E-state index contributed by atoms with van der Waals surface area (Å²) in [6, 6.07) is 0. The van der Waals surface area contributed by atoms with E-state index in [1.165, 1.54) is 107 Å². The van der Waals surface area contributed by atoms with Crippen molar-refractivity contribution in [2.24, 2.45) is 0 Å². The van der Waals surface area contributed by atoms with Gasteiger partial charge >= 0.3 is 0 Å². The number of unbranched alkanes of at least 4 members (excludes halogenated alkanes) is 13. The van der Waals surface area contributed by atoms with Crippen LogP contribution < -0.4 is 18.6 Å². The van der Waals surface area contributed by atoms with E-state index in [-0.39, 0.29) is 0 Å². The van der Waals surface area contributed by atoms with E-state index in [9.17, 15) is 0 Å². The summed E-state index contributed by atoms with van der Waals surface area (Å²) in [6.45, 7) is 7.21. The predicted octanol–water partition coefficient (Wildman–Crippen LogP) is 1.81. The molecular formula is C20H44ClNO4. The van der Waals surface area contributed by atoms with Crippen molar-refractivity contribution in [1.82, 2.24) is 0 Å². The van der Waals surface area contributed by atoms with Gasteiger partial charge in [0.1, 0.15) is 0 Å². The van der Waals surface area contributed by atoms with Crippen molar-refractivity contribution in [3.05, 3.63) is 0 Å². The van der Waals surface area contributed by atoms with E-state index in [1.54, 1.807) is 0 Å². The van der Waals surface area contributed by atoms with Crippen molar-refractivity contribution in [1.29, 1.82) is 0 Å². The zero-order valence-corrected chi connectivity index (χ0v) is 18.5. The molecule has 0 radical (unpaired) electrons. The highest BCUT2D eigenvalue weighted by Crippen LogP contribution is 2.13. The van der Waals surface area contributed by atoms with Gasteiger partial charge in [-0.2, -0.15) is 0 Å². The van der Waals surface area contributed by atoms with Crippen molar-refractivity contribution in [3.8, 4) is 0 Å². The molecule has 0 aliphatic carbocycles. The second kappa shape index (κ2) is 18.5. The molecule has 6 heteroatoms. The Labute approximate surface area is 164 Å². The summed E-state index contributed by atoms with van der Waals surface area (Å²) in [4.78, 5) is 0. The van der Waals surface area contributed by atoms with E-state index < -0.39 is 10.2 Å². The van der Waals surface area contributed by atoms with E-state index in [0.29, 0.717) is 0 Å². The number of hydrogen-bond donors (Lipinski definition) is 0. The lowest BCUT2D eigenvalue weighted by Crippen LogP contribution is -2.68. The largest absolute Gasteiger partial charge is 0.329 e. The minimum atomic E-state index is -4.94. The smallest absolute Gasteiger partial charge is 0.0782 e. The molecule has 0 aliphatic rings. The fraction of sp³-hybridized carbons (Fsp3) is 1.00. The van der Waals surface area contributed by atoms with E-state index in [1.807, 2.05) is 0 Å². The molecular weight excluding hydrogens is 354 g/mol. The second-order valence-electron chi connectivity index (χ2n) is 7.95. The van der Waals surface area contributed by atoms with Crippen LogP contribution in [0.15, 0.2) is 0 Å². The van der Waals surface area contributed by atoms with E-state index >= 15 is 0 Å². The van der Waals surface area contributed by atoms with Crippen LogP contribution in [0.4, 0.5) is 0 Å². The number of hydrogen-bond acceptors (Lipinski definition) is 4. The van der Waals surface area contributed by atoms with Gasteiger partial charge in [0.25, 0.3) is 0 Å². The Kier molecular flexibility index (Phi) is 20.1. The van der Waals surface area contributed by atoms with Crippen molar-refractivity contribution >= 4 is 0 Å². The molecule has 0 saturated heterocycles. The van der Waals surface area contributed by atoms with Gasteiger partial charge in [0.15, 0.2) is 0 Å². The lowest BCUT2D eigenvalue weighted by molar-refractivity contribution is -2.00. The first-order valence-electron chi connectivity index (χ1n) is 10.6. The Morgan fingerprint density at radius 2 is 0.808 bits per heavy atom. The minimum absolute atomic E-state index is 1.19. The summed E-state index contributed by atoms with van der Waals surface area (Å²) in [5.41, 5.74) is 0. The molecule has 0 aromatic rings. The molecule has 5 nitrogen and oxygen atoms in total. The molecule has 0 aliphatic heterocycles. The predicted molar refractivity (Wildman–Crippen MR) is 97.8 cm³/mol. The Hall–Kier alpha value is 0.0900. The molecule has 0 bridgehead atoms. The molecule has 0 spiro atoms. The number of halogens is 1. The van der Waals surface area contributed by atoms with Crippen molar-refractivity contribution < 1.29 is 33.4 Å². The van der Waals surface area contributed by atoms with Crippen LogP contribution in [0.1, 0.15) is 104 Å². The van der Waals surface area contributed by atoms with Crippen molar-refractivity contribution in [3.63, 3.8) is 0 Å². The minimum Gasteiger partial charge on any atom is -0.329 e. The number of quaternary nitrogens is 1. The van der Waals surface area contributed by atoms with Gasteiger partial charge in [0.05, 0.1) is 27.2 Å². The average Bonchev–Trinajstić information content (AvgIpc) is 2.53.